The molecule has 0 aromatic carbocycles. The van der Waals surface area contributed by atoms with Crippen molar-refractivity contribution in [2.75, 3.05) is 13.1 Å². The van der Waals surface area contributed by atoms with Crippen LogP contribution in [-0.4, -0.2) is 29.9 Å². The van der Waals surface area contributed by atoms with Crippen LogP contribution in [0.4, 0.5) is 0 Å². The zero-order valence-corrected chi connectivity index (χ0v) is 12.5. The molecule has 1 aliphatic rings. The van der Waals surface area contributed by atoms with Crippen LogP contribution in [-0.2, 0) is 4.79 Å². The van der Waals surface area contributed by atoms with Crippen molar-refractivity contribution in [2.45, 2.75) is 59.4 Å². The summed E-state index contributed by atoms with van der Waals surface area (Å²) in [5.74, 6) is 1.66. The van der Waals surface area contributed by atoms with Gasteiger partial charge in [0.15, 0.2) is 0 Å². The summed E-state index contributed by atoms with van der Waals surface area (Å²) in [6, 6.07) is 0.304. The van der Waals surface area contributed by atoms with Crippen LogP contribution in [0.3, 0.4) is 0 Å². The maximum atomic E-state index is 12.6. The van der Waals surface area contributed by atoms with E-state index >= 15 is 0 Å². The van der Waals surface area contributed by atoms with E-state index in [-0.39, 0.29) is 5.92 Å². The monoisotopic (exact) mass is 254 g/mol. The zero-order valence-electron chi connectivity index (χ0n) is 12.5. The Balaban J connectivity index is 2.64. The summed E-state index contributed by atoms with van der Waals surface area (Å²) in [5, 5.41) is 0. The Bertz CT molecular complexity index is 263. The third-order valence-corrected chi connectivity index (χ3v) is 3.93. The standard InChI is InChI=1S/C15H30N2O/c1-11(2)10-17(12(3)4)15(18)14-7-5-6-13(8-14)9-16/h11-14H,5-10,16H2,1-4H3. The molecule has 3 nitrogen and oxygen atoms in total. The topological polar surface area (TPSA) is 46.3 Å². The predicted molar refractivity (Wildman–Crippen MR) is 76.2 cm³/mol. The van der Waals surface area contributed by atoms with Crippen LogP contribution in [0.1, 0.15) is 53.4 Å². The van der Waals surface area contributed by atoms with Gasteiger partial charge in [0.2, 0.25) is 5.91 Å². The fourth-order valence-electron chi connectivity index (χ4n) is 2.91. The molecule has 0 aromatic rings. The van der Waals surface area contributed by atoms with Crippen LogP contribution in [0.5, 0.6) is 0 Å². The van der Waals surface area contributed by atoms with Gasteiger partial charge in [-0.2, -0.15) is 0 Å². The maximum absolute atomic E-state index is 12.6. The first-order chi connectivity index (χ1) is 8.45. The van der Waals surface area contributed by atoms with E-state index in [4.69, 9.17) is 5.73 Å². The molecular weight excluding hydrogens is 224 g/mol. The average molecular weight is 254 g/mol. The number of nitrogens with two attached hydrogens (primary N) is 1. The molecular formula is C15H30N2O. The number of carbonyl (C=O) groups is 1. The summed E-state index contributed by atoms with van der Waals surface area (Å²) >= 11 is 0. The second-order valence-electron chi connectivity index (χ2n) is 6.44. The van der Waals surface area contributed by atoms with Gasteiger partial charge in [0.1, 0.15) is 0 Å². The van der Waals surface area contributed by atoms with Crippen molar-refractivity contribution >= 4 is 5.91 Å². The summed E-state index contributed by atoms with van der Waals surface area (Å²) in [7, 11) is 0. The molecule has 0 saturated heterocycles. The second kappa shape index (κ2) is 7.13. The molecule has 1 fully saturated rings. The third kappa shape index (κ3) is 4.27. The second-order valence-corrected chi connectivity index (χ2v) is 6.44. The van der Waals surface area contributed by atoms with Gasteiger partial charge in [0.25, 0.3) is 0 Å². The van der Waals surface area contributed by atoms with E-state index in [2.05, 4.69) is 32.6 Å². The smallest absolute Gasteiger partial charge is 0.225 e. The Hall–Kier alpha value is -0.570. The first kappa shape index (κ1) is 15.5. The van der Waals surface area contributed by atoms with E-state index in [1.165, 1.54) is 6.42 Å². The summed E-state index contributed by atoms with van der Waals surface area (Å²) in [4.78, 5) is 14.7. The molecule has 3 heteroatoms. The highest BCUT2D eigenvalue weighted by atomic mass is 16.2. The average Bonchev–Trinajstić information content (AvgIpc) is 2.34. The normalized spacial score (nSPS) is 24.6. The summed E-state index contributed by atoms with van der Waals surface area (Å²) in [5.41, 5.74) is 5.76. The molecule has 18 heavy (non-hydrogen) atoms. The molecule has 2 unspecified atom stereocenters. The van der Waals surface area contributed by atoms with Crippen LogP contribution in [0.2, 0.25) is 0 Å². The molecule has 1 rings (SSSR count). The van der Waals surface area contributed by atoms with E-state index < -0.39 is 0 Å². The molecule has 2 atom stereocenters. The van der Waals surface area contributed by atoms with Crippen molar-refractivity contribution in [2.24, 2.45) is 23.5 Å². The van der Waals surface area contributed by atoms with Gasteiger partial charge in [-0.3, -0.25) is 4.79 Å². The highest BCUT2D eigenvalue weighted by Crippen LogP contribution is 2.30. The molecule has 0 heterocycles. The van der Waals surface area contributed by atoms with Crippen molar-refractivity contribution in [1.82, 2.24) is 4.90 Å². The molecule has 106 valence electrons. The lowest BCUT2D eigenvalue weighted by molar-refractivity contribution is -0.139. The molecule has 0 bridgehead atoms. The van der Waals surface area contributed by atoms with Gasteiger partial charge in [-0.1, -0.05) is 20.3 Å². The van der Waals surface area contributed by atoms with Crippen LogP contribution in [0, 0.1) is 17.8 Å². The number of carbonyl (C=O) groups excluding carboxylic acids is 1. The fraction of sp³-hybridized carbons (Fsp3) is 0.933. The van der Waals surface area contributed by atoms with Crippen LogP contribution in [0.15, 0.2) is 0 Å². The van der Waals surface area contributed by atoms with Crippen molar-refractivity contribution in [3.05, 3.63) is 0 Å². The molecule has 0 aliphatic heterocycles. The van der Waals surface area contributed by atoms with Gasteiger partial charge < -0.3 is 10.6 Å². The highest BCUT2D eigenvalue weighted by Gasteiger charge is 2.30. The van der Waals surface area contributed by atoms with E-state index in [1.54, 1.807) is 0 Å². The largest absolute Gasteiger partial charge is 0.340 e. The molecule has 0 aromatic heterocycles. The van der Waals surface area contributed by atoms with E-state index in [0.29, 0.717) is 23.8 Å². The Morgan fingerprint density at radius 1 is 1.28 bits per heavy atom. The van der Waals surface area contributed by atoms with Gasteiger partial charge in [-0.15, -0.1) is 0 Å². The maximum Gasteiger partial charge on any atom is 0.225 e. The van der Waals surface area contributed by atoms with Crippen molar-refractivity contribution in [3.8, 4) is 0 Å². The lowest BCUT2D eigenvalue weighted by Crippen LogP contribution is -2.44. The van der Waals surface area contributed by atoms with E-state index in [9.17, 15) is 4.79 Å². The van der Waals surface area contributed by atoms with Gasteiger partial charge in [-0.05, 0) is 51.5 Å². The molecule has 0 radical (unpaired) electrons. The van der Waals surface area contributed by atoms with Crippen molar-refractivity contribution < 1.29 is 4.79 Å². The van der Waals surface area contributed by atoms with Crippen LogP contribution in [0.25, 0.3) is 0 Å². The van der Waals surface area contributed by atoms with Crippen molar-refractivity contribution in [3.63, 3.8) is 0 Å². The van der Waals surface area contributed by atoms with Crippen LogP contribution >= 0.6 is 0 Å². The molecule has 0 spiro atoms. The Morgan fingerprint density at radius 2 is 1.94 bits per heavy atom. The number of rotatable bonds is 5. The third-order valence-electron chi connectivity index (χ3n) is 3.93. The minimum Gasteiger partial charge on any atom is -0.340 e. The molecule has 1 aliphatic carbocycles. The number of nitrogens with zero attached hydrogens (tertiary/aromatic N) is 1. The Kier molecular flexibility index (Phi) is 6.13. The van der Waals surface area contributed by atoms with Gasteiger partial charge in [0, 0.05) is 18.5 Å². The number of hydrogen-bond donors (Lipinski definition) is 1. The minimum absolute atomic E-state index is 0.216. The van der Waals surface area contributed by atoms with Gasteiger partial charge in [0.05, 0.1) is 0 Å². The first-order valence-electron chi connectivity index (χ1n) is 7.46. The highest BCUT2D eigenvalue weighted by molar-refractivity contribution is 5.79. The number of amides is 1. The van der Waals surface area contributed by atoms with Crippen molar-refractivity contribution in [1.29, 1.82) is 0 Å². The summed E-state index contributed by atoms with van der Waals surface area (Å²) in [6.45, 7) is 10.2. The zero-order chi connectivity index (χ0) is 13.7. The molecule has 1 amide bonds. The quantitative estimate of drug-likeness (QED) is 0.820. The van der Waals surface area contributed by atoms with E-state index in [0.717, 1.165) is 32.4 Å². The SMILES string of the molecule is CC(C)CN(C(=O)C1CCCC(CN)C1)C(C)C. The van der Waals surface area contributed by atoms with E-state index in [1.807, 2.05) is 0 Å². The summed E-state index contributed by atoms with van der Waals surface area (Å²) in [6.07, 6.45) is 4.41. The van der Waals surface area contributed by atoms with Gasteiger partial charge in [-0.25, -0.2) is 0 Å². The van der Waals surface area contributed by atoms with Crippen LogP contribution < -0.4 is 5.73 Å². The fourth-order valence-corrected chi connectivity index (χ4v) is 2.91. The lowest BCUT2D eigenvalue weighted by atomic mass is 9.80. The Labute approximate surface area is 112 Å². The molecule has 1 saturated carbocycles. The summed E-state index contributed by atoms with van der Waals surface area (Å²) < 4.78 is 0. The predicted octanol–water partition coefficient (Wildman–Crippen LogP) is 2.64. The Morgan fingerprint density at radius 3 is 2.44 bits per heavy atom. The first-order valence-corrected chi connectivity index (χ1v) is 7.46. The number of hydrogen-bond acceptors (Lipinski definition) is 2. The minimum atomic E-state index is 0.216. The van der Waals surface area contributed by atoms with Gasteiger partial charge >= 0.3 is 0 Å². The lowest BCUT2D eigenvalue weighted by Gasteiger charge is -2.35. The molecule has 2 N–H and O–H groups in total.